The van der Waals surface area contributed by atoms with Gasteiger partial charge in [-0.2, -0.15) is 0 Å². The first-order chi connectivity index (χ1) is 18.3. The topological polar surface area (TPSA) is 80.8 Å². The van der Waals surface area contributed by atoms with Gasteiger partial charge in [-0.1, -0.05) is 83.9 Å². The summed E-state index contributed by atoms with van der Waals surface area (Å²) in [5.41, 5.74) is 0.687. The Morgan fingerprint density at radius 1 is 0.821 bits per heavy atom. The number of Topliss-reactive ketones (excluding diaryl/α,β-unsaturated/α-hetero) is 1. The van der Waals surface area contributed by atoms with Crippen LogP contribution in [0.5, 0.6) is 0 Å². The summed E-state index contributed by atoms with van der Waals surface area (Å²) in [6.45, 7) is 4.49. The summed E-state index contributed by atoms with van der Waals surface area (Å²) >= 11 is 12.2. The summed E-state index contributed by atoms with van der Waals surface area (Å²) < 4.78 is 34.4. The Bertz CT molecular complexity index is 1630. The third-order valence-electron chi connectivity index (χ3n) is 5.79. The largest absolute Gasteiger partial charge is 0.459 e. The minimum absolute atomic E-state index is 0.118. The van der Waals surface area contributed by atoms with Crippen molar-refractivity contribution in [3.05, 3.63) is 106 Å². The zero-order valence-corrected chi connectivity index (χ0v) is 24.0. The van der Waals surface area contributed by atoms with Gasteiger partial charge in [0.15, 0.2) is 5.78 Å². The molecule has 9 heteroatoms. The van der Waals surface area contributed by atoms with Crippen molar-refractivity contribution in [2.24, 2.45) is 0 Å². The number of rotatable bonds is 8. The molecule has 0 radical (unpaired) electrons. The van der Waals surface area contributed by atoms with Crippen LogP contribution in [0.1, 0.15) is 36.7 Å². The van der Waals surface area contributed by atoms with Gasteiger partial charge in [-0.25, -0.2) is 8.42 Å². The van der Waals surface area contributed by atoms with Crippen molar-refractivity contribution in [2.45, 2.75) is 37.7 Å². The van der Waals surface area contributed by atoms with Gasteiger partial charge in [0.2, 0.25) is 0 Å². The molecule has 0 aliphatic heterocycles. The Morgan fingerprint density at radius 3 is 2.08 bits per heavy atom. The van der Waals surface area contributed by atoms with Crippen LogP contribution in [0.4, 0.5) is 5.69 Å². The van der Waals surface area contributed by atoms with Crippen molar-refractivity contribution < 1.29 is 22.7 Å². The van der Waals surface area contributed by atoms with Crippen LogP contribution in [0.3, 0.4) is 0 Å². The zero-order chi connectivity index (χ0) is 28.4. The number of ether oxygens (including phenoxy) is 1. The lowest BCUT2D eigenvalue weighted by molar-refractivity contribution is -0.152. The molecule has 0 bridgehead atoms. The van der Waals surface area contributed by atoms with Gasteiger partial charge in [-0.15, -0.1) is 0 Å². The summed E-state index contributed by atoms with van der Waals surface area (Å²) in [5.74, 6) is -0.861. The first-order valence-corrected chi connectivity index (χ1v) is 14.3. The molecule has 0 heterocycles. The molecule has 0 saturated carbocycles. The van der Waals surface area contributed by atoms with Gasteiger partial charge in [-0.05, 0) is 56.0 Å². The number of anilines is 1. The lowest BCUT2D eigenvalue weighted by atomic mass is 9.96. The van der Waals surface area contributed by atoms with Crippen molar-refractivity contribution in [2.75, 3.05) is 10.8 Å². The molecular weight excluding hydrogens is 557 g/mol. The summed E-state index contributed by atoms with van der Waals surface area (Å²) in [5, 5.41) is 1.30. The summed E-state index contributed by atoms with van der Waals surface area (Å²) in [6, 6.07) is 23.4. The number of carbonyl (C=O) groups excluding carboxylic acids is 2. The van der Waals surface area contributed by atoms with E-state index in [4.69, 9.17) is 27.9 Å². The number of ketones is 1. The molecule has 4 rings (SSSR count). The number of halogens is 2. The molecule has 0 saturated heterocycles. The van der Waals surface area contributed by atoms with Crippen LogP contribution in [-0.2, 0) is 26.0 Å². The average Bonchev–Trinajstić information content (AvgIpc) is 2.85. The summed E-state index contributed by atoms with van der Waals surface area (Å²) in [7, 11) is -4.34. The Morgan fingerprint density at radius 2 is 1.44 bits per heavy atom. The summed E-state index contributed by atoms with van der Waals surface area (Å²) in [4.78, 5) is 26.1. The predicted octanol–water partition coefficient (Wildman–Crippen LogP) is 7.11. The number of esters is 1. The van der Waals surface area contributed by atoms with Gasteiger partial charge in [0, 0.05) is 27.4 Å². The molecule has 0 spiro atoms. The van der Waals surface area contributed by atoms with E-state index >= 15 is 0 Å². The fraction of sp³-hybridized carbons (Fsp3) is 0.200. The van der Waals surface area contributed by atoms with Crippen LogP contribution in [0.2, 0.25) is 10.0 Å². The lowest BCUT2D eigenvalue weighted by Crippen LogP contribution is -2.39. The van der Waals surface area contributed by atoms with Gasteiger partial charge in [0.1, 0.15) is 12.1 Å². The SMILES string of the molecule is CC(C)(C)OC(=O)CN(c1cccc2c(C(=O)Cc3ccccc3)cccc12)S(=O)(=O)c1cc(Cl)cc(Cl)c1. The van der Waals surface area contributed by atoms with E-state index in [1.807, 2.05) is 30.3 Å². The van der Waals surface area contributed by atoms with Gasteiger partial charge in [0.05, 0.1) is 10.6 Å². The van der Waals surface area contributed by atoms with Crippen LogP contribution in [0.15, 0.2) is 89.8 Å². The Kier molecular flexibility index (Phi) is 8.35. The minimum atomic E-state index is -4.34. The second kappa shape index (κ2) is 11.4. The van der Waals surface area contributed by atoms with E-state index in [1.54, 1.807) is 57.2 Å². The zero-order valence-electron chi connectivity index (χ0n) is 21.6. The number of hydrogen-bond acceptors (Lipinski definition) is 5. The predicted molar refractivity (Wildman–Crippen MR) is 155 cm³/mol. The molecule has 0 fully saturated rings. The molecule has 0 atom stereocenters. The van der Waals surface area contributed by atoms with Gasteiger partial charge < -0.3 is 4.74 Å². The Hall–Kier alpha value is -3.39. The maximum absolute atomic E-state index is 14.0. The molecule has 6 nitrogen and oxygen atoms in total. The molecule has 202 valence electrons. The Balaban J connectivity index is 1.85. The molecule has 0 aliphatic carbocycles. The van der Waals surface area contributed by atoms with E-state index in [9.17, 15) is 18.0 Å². The molecule has 4 aromatic rings. The first-order valence-electron chi connectivity index (χ1n) is 12.1. The number of carbonyl (C=O) groups is 2. The van der Waals surface area contributed by atoms with Gasteiger partial charge in [0.25, 0.3) is 10.0 Å². The standard InChI is InChI=1S/C30H27Cl2NO5S/c1-30(2,3)38-29(35)19-33(39(36,37)23-17-21(31)16-22(32)18-23)27-14-8-11-24-25(27)12-7-13-26(24)28(34)15-20-9-5-4-6-10-20/h4-14,16-18H,15,19H2,1-3H3. The van der Waals surface area contributed by atoms with E-state index in [-0.39, 0.29) is 32.8 Å². The molecule has 4 aromatic carbocycles. The smallest absolute Gasteiger partial charge is 0.327 e. The molecular formula is C30H27Cl2NO5S. The maximum Gasteiger partial charge on any atom is 0.327 e. The van der Waals surface area contributed by atoms with Crippen molar-refractivity contribution >= 4 is 61.4 Å². The van der Waals surface area contributed by atoms with E-state index in [2.05, 4.69) is 0 Å². The van der Waals surface area contributed by atoms with Crippen molar-refractivity contribution in [1.29, 1.82) is 0 Å². The number of benzene rings is 4. The number of sulfonamides is 1. The summed E-state index contributed by atoms with van der Waals surface area (Å²) in [6.07, 6.45) is 0.186. The highest BCUT2D eigenvalue weighted by atomic mass is 35.5. The molecule has 0 aliphatic rings. The second-order valence-electron chi connectivity index (χ2n) is 9.97. The van der Waals surface area contributed by atoms with Gasteiger partial charge >= 0.3 is 5.97 Å². The van der Waals surface area contributed by atoms with E-state index in [1.165, 1.54) is 18.2 Å². The molecule has 0 amide bonds. The van der Waals surface area contributed by atoms with Crippen LogP contribution in [-0.4, -0.2) is 32.3 Å². The highest BCUT2D eigenvalue weighted by molar-refractivity contribution is 7.93. The van der Waals surface area contributed by atoms with Crippen LogP contribution in [0.25, 0.3) is 10.8 Å². The van der Waals surface area contributed by atoms with Crippen molar-refractivity contribution in [3.63, 3.8) is 0 Å². The van der Waals surface area contributed by atoms with Crippen molar-refractivity contribution in [1.82, 2.24) is 0 Å². The van der Waals surface area contributed by atoms with E-state index in [0.29, 0.717) is 16.3 Å². The van der Waals surface area contributed by atoms with E-state index < -0.39 is 28.1 Å². The molecule has 0 aromatic heterocycles. The highest BCUT2D eigenvalue weighted by Crippen LogP contribution is 2.34. The fourth-order valence-electron chi connectivity index (χ4n) is 4.23. The van der Waals surface area contributed by atoms with Gasteiger partial charge in [-0.3, -0.25) is 13.9 Å². The first kappa shape index (κ1) is 28.6. The molecule has 0 unspecified atom stereocenters. The van der Waals surface area contributed by atoms with E-state index in [0.717, 1.165) is 9.87 Å². The fourth-order valence-corrected chi connectivity index (χ4v) is 6.38. The third kappa shape index (κ3) is 6.79. The lowest BCUT2D eigenvalue weighted by Gasteiger charge is -2.27. The minimum Gasteiger partial charge on any atom is -0.459 e. The highest BCUT2D eigenvalue weighted by Gasteiger charge is 2.31. The quantitative estimate of drug-likeness (QED) is 0.163. The number of nitrogens with zero attached hydrogens (tertiary/aromatic N) is 1. The molecule has 39 heavy (non-hydrogen) atoms. The normalized spacial score (nSPS) is 11.8. The second-order valence-corrected chi connectivity index (χ2v) is 12.7. The van der Waals surface area contributed by atoms with Crippen LogP contribution < -0.4 is 4.31 Å². The maximum atomic E-state index is 14.0. The Labute approximate surface area is 238 Å². The van der Waals surface area contributed by atoms with Crippen LogP contribution in [0, 0.1) is 0 Å². The van der Waals surface area contributed by atoms with Crippen molar-refractivity contribution in [3.8, 4) is 0 Å². The third-order valence-corrected chi connectivity index (χ3v) is 7.97. The molecule has 0 N–H and O–H groups in total. The van der Waals surface area contributed by atoms with Crippen LogP contribution >= 0.6 is 23.2 Å². The number of fused-ring (bicyclic) bond motifs is 1. The number of hydrogen-bond donors (Lipinski definition) is 0. The average molecular weight is 585 g/mol. The monoisotopic (exact) mass is 583 g/mol.